The highest BCUT2D eigenvalue weighted by molar-refractivity contribution is 7.47. The van der Waals surface area contributed by atoms with Gasteiger partial charge in [-0.3, -0.25) is 27.5 Å². The van der Waals surface area contributed by atoms with Crippen LogP contribution >= 0.6 is 15.6 Å². The van der Waals surface area contributed by atoms with Crippen molar-refractivity contribution < 1.29 is 71.0 Å². The number of anilines is 2. The molecule has 1 amide bonds. The molecule has 6 rings (SSSR count). The van der Waals surface area contributed by atoms with Crippen LogP contribution in [0.2, 0.25) is 0 Å². The minimum absolute atomic E-state index is 0.0175. The number of nitrogens with zero attached hydrogens (tertiary/aromatic N) is 7. The quantitative estimate of drug-likeness (QED) is 0.0554. The molecule has 0 aromatic carbocycles. The molecule has 3 aromatic rings. The van der Waals surface area contributed by atoms with E-state index < -0.39 is 95.6 Å². The second-order valence-corrected chi connectivity index (χ2v) is 16.0. The topological polar surface area (TPSA) is 348 Å². The molecule has 58 heavy (non-hydrogen) atoms. The van der Waals surface area contributed by atoms with E-state index in [1.807, 2.05) is 0 Å². The summed E-state index contributed by atoms with van der Waals surface area (Å²) < 4.78 is 65.8. The van der Waals surface area contributed by atoms with E-state index in [0.717, 1.165) is 10.9 Å². The summed E-state index contributed by atoms with van der Waals surface area (Å²) in [5.74, 6) is -1.36. The Bertz CT molecular complexity index is 2140. The Morgan fingerprint density at radius 2 is 1.83 bits per heavy atom. The van der Waals surface area contributed by atoms with Gasteiger partial charge < -0.3 is 55.1 Å². The number of hydrogen-bond donors (Lipinski definition) is 6. The predicted octanol–water partition coefficient (Wildman–Crippen LogP) is -0.711. The number of nitrogens with two attached hydrogens (primary N) is 2. The summed E-state index contributed by atoms with van der Waals surface area (Å²) in [5, 5.41) is 11.6. The molecule has 25 nitrogen and oxygen atoms in total. The average molecular weight is 860 g/mol. The number of imidazole rings is 1. The van der Waals surface area contributed by atoms with Crippen LogP contribution in [0.15, 0.2) is 42.4 Å². The molecule has 8 N–H and O–H groups in total. The van der Waals surface area contributed by atoms with Crippen molar-refractivity contribution >= 4 is 50.3 Å². The number of ether oxygens (including phenoxy) is 4. The van der Waals surface area contributed by atoms with Gasteiger partial charge in [0.05, 0.1) is 25.6 Å². The molecule has 0 spiro atoms. The summed E-state index contributed by atoms with van der Waals surface area (Å²) in [6.07, 6.45) is -5.41. The zero-order valence-corrected chi connectivity index (χ0v) is 32.6. The first kappa shape index (κ1) is 43.4. The number of aromatic nitrogens is 6. The number of aliphatic hydroxyl groups excluding tert-OH is 1. The summed E-state index contributed by atoms with van der Waals surface area (Å²) in [7, 11) is -10.3. The first-order valence-electron chi connectivity index (χ1n) is 17.8. The number of carbonyl (C=O) groups is 2. The molecule has 0 aliphatic carbocycles. The van der Waals surface area contributed by atoms with Crippen molar-refractivity contribution in [3.63, 3.8) is 0 Å². The summed E-state index contributed by atoms with van der Waals surface area (Å²) in [6, 6.07) is 0.158. The lowest BCUT2D eigenvalue weighted by atomic mass is 10.1. The lowest BCUT2D eigenvalue weighted by molar-refractivity contribution is -0.164. The molecule has 318 valence electrons. The van der Waals surface area contributed by atoms with Crippen LogP contribution in [0.5, 0.6) is 0 Å². The maximum absolute atomic E-state index is 13.9. The third-order valence-electron chi connectivity index (χ3n) is 9.46. The van der Waals surface area contributed by atoms with Crippen molar-refractivity contribution in [2.45, 2.75) is 87.7 Å². The standard InChI is InChI=1S/C31H43N9O16P2/c1-3-5-6-22(41)39-11-16(50-4-2)9-17(39)30(43)55-26-20(54-29(25(26)42)40-15-36-24-27(33)34-14-35-28(24)40)13-52-58(48,49)56-18-10-23(38-8-7-21(32)37-31(38)44)53-19(18)12-51-57(45,46)47/h3,7-8,14-20,23,25-26,29,42H,1,4-6,9-13H2,2H3,(H,48,49)(H2,32,37,44)(H2,33,34,35)(H2,45,46,47)/t16-,17-,18+,19-,20?,23-,25?,26?,29?/m1/s1. The van der Waals surface area contributed by atoms with Crippen LogP contribution in [0.3, 0.4) is 0 Å². The van der Waals surface area contributed by atoms with Gasteiger partial charge in [0.15, 0.2) is 23.8 Å². The van der Waals surface area contributed by atoms with Gasteiger partial charge in [0.1, 0.15) is 54.3 Å². The molecule has 3 aromatic heterocycles. The van der Waals surface area contributed by atoms with E-state index in [1.165, 1.54) is 28.1 Å². The molecule has 3 aliphatic rings. The van der Waals surface area contributed by atoms with E-state index in [9.17, 15) is 43.3 Å². The van der Waals surface area contributed by atoms with E-state index >= 15 is 0 Å². The van der Waals surface area contributed by atoms with E-state index in [2.05, 4.69) is 31.0 Å². The fourth-order valence-electron chi connectivity index (χ4n) is 6.84. The largest absolute Gasteiger partial charge is 0.472 e. The number of phosphoric acid groups is 2. The van der Waals surface area contributed by atoms with Crippen LogP contribution in [-0.4, -0.2) is 135 Å². The third kappa shape index (κ3) is 9.96. The van der Waals surface area contributed by atoms with E-state index in [0.29, 0.717) is 13.0 Å². The highest BCUT2D eigenvalue weighted by atomic mass is 31.2. The van der Waals surface area contributed by atoms with Crippen molar-refractivity contribution in [1.29, 1.82) is 0 Å². The van der Waals surface area contributed by atoms with Gasteiger partial charge in [-0.2, -0.15) is 4.98 Å². The van der Waals surface area contributed by atoms with Crippen molar-refractivity contribution in [3.8, 4) is 0 Å². The number of amides is 1. The maximum Gasteiger partial charge on any atom is 0.472 e. The molecule has 3 saturated heterocycles. The summed E-state index contributed by atoms with van der Waals surface area (Å²) in [4.78, 5) is 86.1. The number of carbonyl (C=O) groups excluding carboxylic acids is 2. The lowest BCUT2D eigenvalue weighted by Gasteiger charge is -2.27. The van der Waals surface area contributed by atoms with E-state index in [-0.39, 0.29) is 54.5 Å². The van der Waals surface area contributed by atoms with Gasteiger partial charge in [-0.1, -0.05) is 6.08 Å². The predicted molar refractivity (Wildman–Crippen MR) is 195 cm³/mol. The van der Waals surface area contributed by atoms with Gasteiger partial charge >= 0.3 is 27.3 Å². The summed E-state index contributed by atoms with van der Waals surface area (Å²) in [5.41, 5.74) is 10.9. The summed E-state index contributed by atoms with van der Waals surface area (Å²) in [6.45, 7) is 4.11. The van der Waals surface area contributed by atoms with Gasteiger partial charge in [0, 0.05) is 38.6 Å². The number of allylic oxidation sites excluding steroid dienone is 1. The van der Waals surface area contributed by atoms with Gasteiger partial charge in [0.25, 0.3) is 0 Å². The van der Waals surface area contributed by atoms with Crippen molar-refractivity contribution in [2.24, 2.45) is 0 Å². The van der Waals surface area contributed by atoms with Gasteiger partial charge in [-0.05, 0) is 19.4 Å². The number of phosphoric ester groups is 2. The Kier molecular flexibility index (Phi) is 13.4. The molecule has 27 heteroatoms. The Balaban J connectivity index is 1.22. The van der Waals surface area contributed by atoms with E-state index in [1.54, 1.807) is 13.0 Å². The lowest BCUT2D eigenvalue weighted by Crippen LogP contribution is -2.46. The molecule has 0 radical (unpaired) electrons. The molecular formula is C31H43N9O16P2. The summed E-state index contributed by atoms with van der Waals surface area (Å²) >= 11 is 0. The molecular weight excluding hydrogens is 816 g/mol. The first-order valence-corrected chi connectivity index (χ1v) is 20.9. The highest BCUT2D eigenvalue weighted by Crippen LogP contribution is 2.50. The number of esters is 1. The third-order valence-corrected chi connectivity index (χ3v) is 11.0. The second kappa shape index (κ2) is 17.9. The number of likely N-dealkylation sites (tertiary alicyclic amines) is 1. The van der Waals surface area contributed by atoms with Crippen LogP contribution in [0.4, 0.5) is 11.6 Å². The SMILES string of the molecule is C=CCCC(=O)N1C[C@H](OCC)C[C@@H]1C(=O)OC1C(COP(=O)(O)O[C@H]2C[C@H](n3ccc(N)nc3=O)O[C@@H]2COP(=O)(O)O)OC(n2cnc3c(N)ncnc32)C1O. The van der Waals surface area contributed by atoms with Gasteiger partial charge in [-0.15, -0.1) is 6.58 Å². The van der Waals surface area contributed by atoms with Crippen molar-refractivity contribution in [1.82, 2.24) is 34.0 Å². The molecule has 3 fully saturated rings. The Morgan fingerprint density at radius 1 is 1.07 bits per heavy atom. The average Bonchev–Trinajstić information content (AvgIpc) is 3.94. The number of hydrogen-bond acceptors (Lipinski definition) is 19. The molecule has 10 atom stereocenters. The van der Waals surface area contributed by atoms with Crippen LogP contribution < -0.4 is 17.2 Å². The maximum atomic E-state index is 13.9. The Morgan fingerprint density at radius 3 is 2.53 bits per heavy atom. The first-order chi connectivity index (χ1) is 27.5. The zero-order valence-electron chi connectivity index (χ0n) is 30.8. The van der Waals surface area contributed by atoms with E-state index in [4.69, 9.17) is 39.5 Å². The molecule has 0 saturated carbocycles. The van der Waals surface area contributed by atoms with Crippen LogP contribution in [-0.2, 0) is 51.2 Å². The van der Waals surface area contributed by atoms with Gasteiger partial charge in [-0.25, -0.2) is 33.7 Å². The van der Waals surface area contributed by atoms with Crippen molar-refractivity contribution in [3.05, 3.63) is 48.1 Å². The number of aliphatic hydroxyl groups is 1. The molecule has 6 heterocycles. The fraction of sp³-hybridized carbons (Fsp3) is 0.581. The number of nitrogen functional groups attached to an aromatic ring is 2. The molecule has 0 bridgehead atoms. The normalized spacial score (nSPS) is 28.5. The monoisotopic (exact) mass is 859 g/mol. The van der Waals surface area contributed by atoms with Crippen LogP contribution in [0.1, 0.15) is 45.1 Å². The minimum atomic E-state index is -5.20. The van der Waals surface area contributed by atoms with Crippen molar-refractivity contribution in [2.75, 3.05) is 37.8 Å². The Labute approximate surface area is 328 Å². The van der Waals surface area contributed by atoms with Crippen LogP contribution in [0, 0.1) is 0 Å². The van der Waals surface area contributed by atoms with Gasteiger partial charge in [0.2, 0.25) is 5.91 Å². The zero-order chi connectivity index (χ0) is 41.9. The second-order valence-electron chi connectivity index (χ2n) is 13.3. The highest BCUT2D eigenvalue weighted by Gasteiger charge is 2.51. The number of fused-ring (bicyclic) bond motifs is 1. The van der Waals surface area contributed by atoms with Crippen LogP contribution in [0.25, 0.3) is 11.2 Å². The Hall–Kier alpha value is -4.23. The molecule has 5 unspecified atom stereocenters. The fourth-order valence-corrected chi connectivity index (χ4v) is 8.14. The number of rotatable bonds is 17. The molecule has 3 aliphatic heterocycles. The smallest absolute Gasteiger partial charge is 0.455 e. The minimum Gasteiger partial charge on any atom is -0.455 e.